The van der Waals surface area contributed by atoms with Crippen molar-refractivity contribution < 1.29 is 4.79 Å². The summed E-state index contributed by atoms with van der Waals surface area (Å²) >= 11 is 0. The molecule has 1 fully saturated rings. The maximum atomic E-state index is 11.9. The molecular formula is C16H20N4O. The summed E-state index contributed by atoms with van der Waals surface area (Å²) < 4.78 is 0. The number of H-pyrrole nitrogens is 1. The first-order valence-electron chi connectivity index (χ1n) is 7.44. The highest BCUT2D eigenvalue weighted by Gasteiger charge is 2.11. The zero-order valence-electron chi connectivity index (χ0n) is 12.0. The third-order valence-electron chi connectivity index (χ3n) is 3.78. The van der Waals surface area contributed by atoms with Crippen molar-refractivity contribution in [2.45, 2.75) is 25.7 Å². The number of nitrogens with one attached hydrogen (secondary N) is 2. The Morgan fingerprint density at radius 3 is 2.57 bits per heavy atom. The molecule has 0 saturated carbocycles. The smallest absolute Gasteiger partial charge is 0.230 e. The Hall–Kier alpha value is -2.30. The third kappa shape index (κ3) is 3.62. The van der Waals surface area contributed by atoms with Crippen LogP contribution in [-0.4, -0.2) is 29.2 Å². The van der Waals surface area contributed by atoms with Gasteiger partial charge >= 0.3 is 0 Å². The van der Waals surface area contributed by atoms with Crippen molar-refractivity contribution in [2.24, 2.45) is 0 Å². The normalized spacial score (nSPS) is 15.0. The number of piperidine rings is 1. The van der Waals surface area contributed by atoms with E-state index < -0.39 is 0 Å². The Kier molecular flexibility index (Phi) is 4.19. The van der Waals surface area contributed by atoms with Gasteiger partial charge in [0, 0.05) is 36.4 Å². The van der Waals surface area contributed by atoms with E-state index in [0.29, 0.717) is 6.42 Å². The van der Waals surface area contributed by atoms with Gasteiger partial charge in [-0.3, -0.25) is 9.89 Å². The molecule has 0 spiro atoms. The van der Waals surface area contributed by atoms with Crippen LogP contribution in [0.2, 0.25) is 0 Å². The van der Waals surface area contributed by atoms with Gasteiger partial charge in [0.05, 0.1) is 6.42 Å². The van der Waals surface area contributed by atoms with Crippen molar-refractivity contribution in [3.63, 3.8) is 0 Å². The summed E-state index contributed by atoms with van der Waals surface area (Å²) in [6.45, 7) is 2.26. The fraction of sp³-hybridized carbons (Fsp3) is 0.375. The van der Waals surface area contributed by atoms with E-state index in [0.717, 1.165) is 24.5 Å². The van der Waals surface area contributed by atoms with E-state index in [-0.39, 0.29) is 5.91 Å². The number of aromatic amines is 1. The summed E-state index contributed by atoms with van der Waals surface area (Å²) in [5.74, 6) is -0.0371. The maximum absolute atomic E-state index is 11.9. The van der Waals surface area contributed by atoms with Gasteiger partial charge in [-0.2, -0.15) is 5.10 Å². The lowest BCUT2D eigenvalue weighted by molar-refractivity contribution is -0.115. The molecule has 1 saturated heterocycles. The van der Waals surface area contributed by atoms with Crippen molar-refractivity contribution >= 4 is 17.3 Å². The van der Waals surface area contributed by atoms with E-state index >= 15 is 0 Å². The van der Waals surface area contributed by atoms with Gasteiger partial charge in [-0.15, -0.1) is 0 Å². The lowest BCUT2D eigenvalue weighted by atomic mass is 10.1. The molecule has 1 aliphatic heterocycles. The van der Waals surface area contributed by atoms with Gasteiger partial charge in [0.2, 0.25) is 5.91 Å². The van der Waals surface area contributed by atoms with Gasteiger partial charge in [0.15, 0.2) is 0 Å². The number of carbonyl (C=O) groups is 1. The van der Waals surface area contributed by atoms with Crippen LogP contribution in [0, 0.1) is 0 Å². The van der Waals surface area contributed by atoms with Crippen LogP contribution in [0.5, 0.6) is 0 Å². The zero-order chi connectivity index (χ0) is 14.5. The molecule has 2 aromatic rings. The molecule has 1 aliphatic rings. The van der Waals surface area contributed by atoms with Crippen LogP contribution in [0.1, 0.15) is 25.0 Å². The second-order valence-corrected chi connectivity index (χ2v) is 5.40. The second-order valence-electron chi connectivity index (χ2n) is 5.40. The molecule has 5 nitrogen and oxygen atoms in total. The molecule has 0 bridgehead atoms. The number of anilines is 2. The molecule has 21 heavy (non-hydrogen) atoms. The maximum Gasteiger partial charge on any atom is 0.230 e. The molecule has 2 heterocycles. The van der Waals surface area contributed by atoms with Gasteiger partial charge in [-0.05, 0) is 49.6 Å². The zero-order valence-corrected chi connectivity index (χ0v) is 12.0. The minimum atomic E-state index is -0.0371. The summed E-state index contributed by atoms with van der Waals surface area (Å²) in [6, 6.07) is 9.90. The fourth-order valence-electron chi connectivity index (χ4n) is 2.67. The van der Waals surface area contributed by atoms with Crippen LogP contribution in [0.4, 0.5) is 11.4 Å². The number of hydrogen-bond acceptors (Lipinski definition) is 3. The molecular weight excluding hydrogens is 264 g/mol. The monoisotopic (exact) mass is 284 g/mol. The average molecular weight is 284 g/mol. The molecule has 110 valence electrons. The number of aromatic nitrogens is 2. The molecule has 5 heteroatoms. The van der Waals surface area contributed by atoms with Crippen molar-refractivity contribution in [1.82, 2.24) is 10.2 Å². The van der Waals surface area contributed by atoms with Gasteiger partial charge in [-0.25, -0.2) is 0 Å². The standard InChI is InChI=1S/C16H20N4O/c21-16(12-14-8-9-17-19-14)18-13-4-6-15(7-5-13)20-10-2-1-3-11-20/h4-9H,1-3,10-12H2,(H,17,19)(H,18,21). The topological polar surface area (TPSA) is 61.0 Å². The van der Waals surface area contributed by atoms with Crippen LogP contribution < -0.4 is 10.2 Å². The molecule has 0 atom stereocenters. The molecule has 0 unspecified atom stereocenters. The Morgan fingerprint density at radius 2 is 1.90 bits per heavy atom. The summed E-state index contributed by atoms with van der Waals surface area (Å²) in [4.78, 5) is 14.3. The van der Waals surface area contributed by atoms with Crippen LogP contribution in [0.3, 0.4) is 0 Å². The molecule has 2 N–H and O–H groups in total. The Bertz CT molecular complexity index is 571. The largest absolute Gasteiger partial charge is 0.372 e. The number of nitrogens with zero attached hydrogens (tertiary/aromatic N) is 2. The fourth-order valence-corrected chi connectivity index (χ4v) is 2.67. The van der Waals surface area contributed by atoms with Gasteiger partial charge in [0.1, 0.15) is 0 Å². The van der Waals surface area contributed by atoms with Crippen molar-refractivity contribution in [3.8, 4) is 0 Å². The second kappa shape index (κ2) is 6.43. The number of carbonyl (C=O) groups excluding carboxylic acids is 1. The predicted molar refractivity (Wildman–Crippen MR) is 83.4 cm³/mol. The highest BCUT2D eigenvalue weighted by Crippen LogP contribution is 2.21. The highest BCUT2D eigenvalue weighted by atomic mass is 16.1. The summed E-state index contributed by atoms with van der Waals surface area (Å²) in [5.41, 5.74) is 2.89. The molecule has 1 amide bonds. The minimum Gasteiger partial charge on any atom is -0.372 e. The molecule has 1 aromatic heterocycles. The number of hydrogen-bond donors (Lipinski definition) is 2. The van der Waals surface area contributed by atoms with Crippen molar-refractivity contribution in [1.29, 1.82) is 0 Å². The number of benzene rings is 1. The van der Waals surface area contributed by atoms with E-state index in [1.54, 1.807) is 12.3 Å². The average Bonchev–Trinajstić information content (AvgIpc) is 3.02. The van der Waals surface area contributed by atoms with Crippen LogP contribution >= 0.6 is 0 Å². The van der Waals surface area contributed by atoms with Crippen LogP contribution in [0.25, 0.3) is 0 Å². The van der Waals surface area contributed by atoms with Crippen molar-refractivity contribution in [2.75, 3.05) is 23.3 Å². The minimum absolute atomic E-state index is 0.0371. The first kappa shape index (κ1) is 13.7. The highest BCUT2D eigenvalue weighted by molar-refractivity contribution is 5.92. The van der Waals surface area contributed by atoms with Gasteiger partial charge in [0.25, 0.3) is 0 Å². The van der Waals surface area contributed by atoms with E-state index in [1.165, 1.54) is 24.9 Å². The Balaban J connectivity index is 1.57. The molecule has 0 radical (unpaired) electrons. The first-order valence-corrected chi connectivity index (χ1v) is 7.44. The van der Waals surface area contributed by atoms with Gasteiger partial charge < -0.3 is 10.2 Å². The van der Waals surface area contributed by atoms with Crippen LogP contribution in [0.15, 0.2) is 36.5 Å². The molecule has 3 rings (SSSR count). The van der Waals surface area contributed by atoms with E-state index in [9.17, 15) is 4.79 Å². The third-order valence-corrected chi connectivity index (χ3v) is 3.78. The number of rotatable bonds is 4. The van der Waals surface area contributed by atoms with Crippen molar-refractivity contribution in [3.05, 3.63) is 42.2 Å². The van der Waals surface area contributed by atoms with Crippen LogP contribution in [-0.2, 0) is 11.2 Å². The first-order chi connectivity index (χ1) is 10.3. The predicted octanol–water partition coefficient (Wildman–Crippen LogP) is 2.58. The number of amides is 1. The van der Waals surface area contributed by atoms with E-state index in [2.05, 4.69) is 32.5 Å². The quantitative estimate of drug-likeness (QED) is 0.907. The lowest BCUT2D eigenvalue weighted by Gasteiger charge is -2.28. The van der Waals surface area contributed by atoms with E-state index in [1.807, 2.05) is 12.1 Å². The van der Waals surface area contributed by atoms with Gasteiger partial charge in [-0.1, -0.05) is 0 Å². The molecule has 1 aromatic carbocycles. The Labute approximate surface area is 124 Å². The SMILES string of the molecule is O=C(Cc1ccn[nH]1)Nc1ccc(N2CCCCC2)cc1. The lowest BCUT2D eigenvalue weighted by Crippen LogP contribution is -2.29. The Morgan fingerprint density at radius 1 is 1.14 bits per heavy atom. The summed E-state index contributed by atoms with van der Waals surface area (Å²) in [7, 11) is 0. The summed E-state index contributed by atoms with van der Waals surface area (Å²) in [6.07, 6.45) is 5.83. The van der Waals surface area contributed by atoms with E-state index in [4.69, 9.17) is 0 Å². The summed E-state index contributed by atoms with van der Waals surface area (Å²) in [5, 5.41) is 9.53. The molecule has 0 aliphatic carbocycles.